The number of piperidine rings is 1. The summed E-state index contributed by atoms with van der Waals surface area (Å²) in [4.78, 5) is 20.0. The molecule has 2 N–H and O–H groups in total. The first-order chi connectivity index (χ1) is 13.2. The van der Waals surface area contributed by atoms with Crippen LogP contribution in [-0.2, 0) is 13.6 Å². The fourth-order valence-corrected chi connectivity index (χ4v) is 4.52. The van der Waals surface area contributed by atoms with E-state index in [4.69, 9.17) is 0 Å². The molecule has 5 rings (SSSR count). The molecule has 27 heavy (non-hydrogen) atoms. The molecule has 1 saturated carbocycles. The topological polar surface area (TPSA) is 78.8 Å². The molecule has 1 aliphatic carbocycles. The SMILES string of the molecule is Cn1ccnc1CN(C(=O)c1n[nH]c2ccccc12)[C@H]1CC12CCNCC2. The van der Waals surface area contributed by atoms with Crippen molar-refractivity contribution in [2.24, 2.45) is 12.5 Å². The average Bonchev–Trinajstić information content (AvgIpc) is 3.04. The Balaban J connectivity index is 1.49. The van der Waals surface area contributed by atoms with Crippen molar-refractivity contribution in [1.29, 1.82) is 0 Å². The number of hydrogen-bond acceptors (Lipinski definition) is 4. The molecule has 7 heteroatoms. The summed E-state index contributed by atoms with van der Waals surface area (Å²) in [6.07, 6.45) is 7.05. The van der Waals surface area contributed by atoms with Crippen molar-refractivity contribution in [3.8, 4) is 0 Å². The van der Waals surface area contributed by atoms with Gasteiger partial charge in [-0.3, -0.25) is 9.89 Å². The summed E-state index contributed by atoms with van der Waals surface area (Å²) in [6.45, 7) is 2.59. The van der Waals surface area contributed by atoms with Crippen molar-refractivity contribution in [3.05, 3.63) is 48.2 Å². The van der Waals surface area contributed by atoms with E-state index in [2.05, 4.69) is 20.5 Å². The number of rotatable bonds is 4. The van der Waals surface area contributed by atoms with Crippen LogP contribution in [0.25, 0.3) is 10.9 Å². The molecule has 1 saturated heterocycles. The molecular formula is C20H24N6O. The van der Waals surface area contributed by atoms with Gasteiger partial charge in [0.05, 0.1) is 12.1 Å². The normalized spacial score (nSPS) is 20.9. The summed E-state index contributed by atoms with van der Waals surface area (Å²) < 4.78 is 1.99. The minimum absolute atomic E-state index is 0.00384. The number of imidazole rings is 1. The smallest absolute Gasteiger partial charge is 0.275 e. The Bertz CT molecular complexity index is 983. The quantitative estimate of drug-likeness (QED) is 0.743. The van der Waals surface area contributed by atoms with Crippen LogP contribution in [0, 0.1) is 5.41 Å². The molecule has 2 fully saturated rings. The number of aromatic amines is 1. The van der Waals surface area contributed by atoms with Crippen LogP contribution in [0.5, 0.6) is 0 Å². The molecule has 2 aliphatic rings. The molecule has 3 heterocycles. The number of fused-ring (bicyclic) bond motifs is 1. The Kier molecular flexibility index (Phi) is 3.79. The van der Waals surface area contributed by atoms with Gasteiger partial charge < -0.3 is 14.8 Å². The predicted molar refractivity (Wildman–Crippen MR) is 102 cm³/mol. The van der Waals surface area contributed by atoms with Crippen LogP contribution in [0.3, 0.4) is 0 Å². The molecule has 7 nitrogen and oxygen atoms in total. The highest BCUT2D eigenvalue weighted by atomic mass is 16.2. The Hall–Kier alpha value is -2.67. The van der Waals surface area contributed by atoms with Gasteiger partial charge in [-0.25, -0.2) is 4.98 Å². The second-order valence-electron chi connectivity index (χ2n) is 7.84. The Morgan fingerprint density at radius 3 is 2.93 bits per heavy atom. The summed E-state index contributed by atoms with van der Waals surface area (Å²) in [5, 5.41) is 11.7. The lowest BCUT2D eigenvalue weighted by Crippen LogP contribution is -2.39. The van der Waals surface area contributed by atoms with Crippen molar-refractivity contribution < 1.29 is 4.79 Å². The average molecular weight is 364 g/mol. The molecule has 1 amide bonds. The van der Waals surface area contributed by atoms with Crippen LogP contribution in [-0.4, -0.2) is 49.7 Å². The number of aromatic nitrogens is 4. The van der Waals surface area contributed by atoms with Gasteiger partial charge in [-0.15, -0.1) is 0 Å². The van der Waals surface area contributed by atoms with Crippen LogP contribution in [0.2, 0.25) is 0 Å². The van der Waals surface area contributed by atoms with Crippen LogP contribution in [0.4, 0.5) is 0 Å². The van der Waals surface area contributed by atoms with Gasteiger partial charge in [0, 0.05) is 30.9 Å². The first-order valence-electron chi connectivity index (χ1n) is 9.59. The largest absolute Gasteiger partial charge is 0.337 e. The fraction of sp³-hybridized carbons (Fsp3) is 0.450. The highest BCUT2D eigenvalue weighted by molar-refractivity contribution is 6.04. The molecule has 0 bridgehead atoms. The number of hydrogen-bond donors (Lipinski definition) is 2. The highest BCUT2D eigenvalue weighted by Crippen LogP contribution is 2.56. The van der Waals surface area contributed by atoms with E-state index >= 15 is 0 Å². The second-order valence-corrected chi connectivity index (χ2v) is 7.84. The number of para-hydroxylation sites is 1. The molecule has 1 aromatic carbocycles. The van der Waals surface area contributed by atoms with Crippen LogP contribution >= 0.6 is 0 Å². The Morgan fingerprint density at radius 1 is 1.33 bits per heavy atom. The number of carbonyl (C=O) groups excluding carboxylic acids is 1. The van der Waals surface area contributed by atoms with Crippen molar-refractivity contribution in [3.63, 3.8) is 0 Å². The zero-order valence-electron chi connectivity index (χ0n) is 15.5. The van der Waals surface area contributed by atoms with E-state index in [1.165, 1.54) is 0 Å². The van der Waals surface area contributed by atoms with Crippen molar-refractivity contribution in [2.45, 2.75) is 31.8 Å². The maximum Gasteiger partial charge on any atom is 0.275 e. The van der Waals surface area contributed by atoms with E-state index in [0.29, 0.717) is 12.2 Å². The van der Waals surface area contributed by atoms with Gasteiger partial charge in [0.2, 0.25) is 0 Å². The number of aryl methyl sites for hydroxylation is 1. The molecule has 1 atom stereocenters. The van der Waals surface area contributed by atoms with Crippen molar-refractivity contribution in [1.82, 2.24) is 30.0 Å². The third-order valence-corrected chi connectivity index (χ3v) is 6.29. The van der Waals surface area contributed by atoms with Crippen LogP contribution < -0.4 is 5.32 Å². The van der Waals surface area contributed by atoms with E-state index in [-0.39, 0.29) is 17.4 Å². The van der Waals surface area contributed by atoms with Gasteiger partial charge in [-0.1, -0.05) is 18.2 Å². The molecule has 0 unspecified atom stereocenters. The molecule has 0 radical (unpaired) electrons. The second kappa shape index (κ2) is 6.20. The molecule has 1 spiro atoms. The van der Waals surface area contributed by atoms with E-state index < -0.39 is 0 Å². The van der Waals surface area contributed by atoms with E-state index in [1.54, 1.807) is 6.20 Å². The summed E-state index contributed by atoms with van der Waals surface area (Å²) >= 11 is 0. The lowest BCUT2D eigenvalue weighted by molar-refractivity contribution is 0.0681. The predicted octanol–water partition coefficient (Wildman–Crippen LogP) is 2.08. The minimum Gasteiger partial charge on any atom is -0.337 e. The lowest BCUT2D eigenvalue weighted by Gasteiger charge is -2.29. The fourth-order valence-electron chi connectivity index (χ4n) is 4.52. The third-order valence-electron chi connectivity index (χ3n) is 6.29. The third kappa shape index (κ3) is 2.73. The Labute approximate surface area is 157 Å². The molecule has 140 valence electrons. The summed E-state index contributed by atoms with van der Waals surface area (Å²) in [5.74, 6) is 0.898. The van der Waals surface area contributed by atoms with Gasteiger partial charge in [0.1, 0.15) is 5.82 Å². The van der Waals surface area contributed by atoms with Crippen LogP contribution in [0.1, 0.15) is 35.6 Å². The number of amides is 1. The van der Waals surface area contributed by atoms with Gasteiger partial charge in [0.25, 0.3) is 5.91 Å². The number of carbonyl (C=O) groups is 1. The summed E-state index contributed by atoms with van der Waals surface area (Å²) in [6, 6.07) is 8.07. The van der Waals surface area contributed by atoms with Gasteiger partial charge in [-0.05, 0) is 43.8 Å². The zero-order chi connectivity index (χ0) is 18.4. The van der Waals surface area contributed by atoms with Gasteiger partial charge >= 0.3 is 0 Å². The standard InChI is InChI=1S/C20H24N6O/c1-25-11-10-22-17(25)13-26(16-12-20(16)6-8-21-9-7-20)19(27)18-14-4-2-3-5-15(14)23-24-18/h2-5,10-11,16,21H,6-9,12-13H2,1H3,(H,23,24)/t16-/m0/s1. The first-order valence-corrected chi connectivity index (χ1v) is 9.59. The van der Waals surface area contributed by atoms with Gasteiger partial charge in [-0.2, -0.15) is 5.10 Å². The van der Waals surface area contributed by atoms with E-state index in [9.17, 15) is 4.79 Å². The number of nitrogens with zero attached hydrogens (tertiary/aromatic N) is 4. The number of benzene rings is 1. The van der Waals surface area contributed by atoms with Crippen molar-refractivity contribution >= 4 is 16.8 Å². The maximum atomic E-state index is 13.6. The summed E-state index contributed by atoms with van der Waals surface area (Å²) in [7, 11) is 1.97. The van der Waals surface area contributed by atoms with E-state index in [1.807, 2.05) is 47.0 Å². The van der Waals surface area contributed by atoms with Crippen LogP contribution in [0.15, 0.2) is 36.7 Å². The minimum atomic E-state index is -0.00384. The monoisotopic (exact) mass is 364 g/mol. The molecular weight excluding hydrogens is 340 g/mol. The summed E-state index contributed by atoms with van der Waals surface area (Å²) in [5.41, 5.74) is 1.67. The van der Waals surface area contributed by atoms with Crippen molar-refractivity contribution in [2.75, 3.05) is 13.1 Å². The number of H-pyrrole nitrogens is 1. The molecule has 1 aliphatic heterocycles. The highest BCUT2D eigenvalue weighted by Gasteiger charge is 2.58. The first kappa shape index (κ1) is 16.5. The molecule has 2 aromatic heterocycles. The lowest BCUT2D eigenvalue weighted by atomic mass is 9.93. The van der Waals surface area contributed by atoms with Gasteiger partial charge in [0.15, 0.2) is 5.69 Å². The Morgan fingerprint density at radius 2 is 2.15 bits per heavy atom. The zero-order valence-corrected chi connectivity index (χ0v) is 15.5. The number of nitrogens with one attached hydrogen (secondary N) is 2. The maximum absolute atomic E-state index is 13.6. The van der Waals surface area contributed by atoms with E-state index in [0.717, 1.165) is 49.1 Å². The molecule has 3 aromatic rings.